The fourth-order valence-corrected chi connectivity index (χ4v) is 2.98. The second-order valence-electron chi connectivity index (χ2n) is 7.37. The summed E-state index contributed by atoms with van der Waals surface area (Å²) in [4.78, 5) is 11.5. The summed E-state index contributed by atoms with van der Waals surface area (Å²) in [5, 5.41) is 6.76. The van der Waals surface area contributed by atoms with Gasteiger partial charge < -0.3 is 15.1 Å². The fraction of sp³-hybridized carbons (Fsp3) is 0.778. The molecule has 1 saturated heterocycles. The second kappa shape index (κ2) is 10.4. The van der Waals surface area contributed by atoms with Gasteiger partial charge in [0.2, 0.25) is 5.89 Å². The molecule has 1 unspecified atom stereocenters. The second-order valence-corrected chi connectivity index (χ2v) is 7.37. The lowest BCUT2D eigenvalue weighted by molar-refractivity contribution is 0.267. The van der Waals surface area contributed by atoms with Crippen LogP contribution in [-0.2, 0) is 12.0 Å². The molecule has 6 nitrogen and oxygen atoms in total. The minimum absolute atomic E-state index is 0. The molecule has 0 amide bonds. The predicted octanol–water partition coefficient (Wildman–Crippen LogP) is 3.13. The van der Waals surface area contributed by atoms with E-state index in [4.69, 9.17) is 4.42 Å². The molecule has 2 rings (SSSR count). The third-order valence-electron chi connectivity index (χ3n) is 4.42. The monoisotopic (exact) mass is 463 g/mol. The van der Waals surface area contributed by atoms with Crippen molar-refractivity contribution in [3.8, 4) is 0 Å². The van der Waals surface area contributed by atoms with E-state index >= 15 is 0 Å². The number of likely N-dealkylation sites (N-methyl/N-ethyl adjacent to an activating group) is 1. The Bertz CT molecular complexity index is 538. The molecule has 1 fully saturated rings. The highest BCUT2D eigenvalue weighted by Crippen LogP contribution is 2.22. The van der Waals surface area contributed by atoms with Gasteiger partial charge in [-0.3, -0.25) is 4.90 Å². The molecule has 1 aromatic heterocycles. The van der Waals surface area contributed by atoms with Crippen LogP contribution in [0.1, 0.15) is 59.1 Å². The summed E-state index contributed by atoms with van der Waals surface area (Å²) >= 11 is 0. The van der Waals surface area contributed by atoms with E-state index in [-0.39, 0.29) is 29.4 Å². The molecule has 144 valence electrons. The zero-order valence-electron chi connectivity index (χ0n) is 16.3. The Labute approximate surface area is 169 Å². The van der Waals surface area contributed by atoms with Gasteiger partial charge in [0.15, 0.2) is 5.96 Å². The van der Waals surface area contributed by atoms with Gasteiger partial charge in [0, 0.05) is 24.5 Å². The Balaban J connectivity index is 0.00000312. The van der Waals surface area contributed by atoms with Gasteiger partial charge in [0.1, 0.15) is 12.3 Å². The fourth-order valence-electron chi connectivity index (χ4n) is 2.98. The minimum atomic E-state index is -0.0240. The number of rotatable bonds is 6. The highest BCUT2D eigenvalue weighted by atomic mass is 127. The molecule has 2 heterocycles. The van der Waals surface area contributed by atoms with Crippen molar-refractivity contribution in [3.63, 3.8) is 0 Å². The number of likely N-dealkylation sites (tertiary alicyclic amines) is 1. The van der Waals surface area contributed by atoms with E-state index in [1.165, 1.54) is 19.4 Å². The maximum Gasteiger partial charge on any atom is 0.216 e. The molecule has 1 aliphatic rings. The minimum Gasteiger partial charge on any atom is -0.443 e. The van der Waals surface area contributed by atoms with Crippen LogP contribution in [0.25, 0.3) is 0 Å². The average Bonchev–Trinajstić information content (AvgIpc) is 3.18. The highest BCUT2D eigenvalue weighted by Gasteiger charge is 2.23. The van der Waals surface area contributed by atoms with E-state index in [1.807, 2.05) is 6.20 Å². The summed E-state index contributed by atoms with van der Waals surface area (Å²) in [5.41, 5.74) is -0.0240. The van der Waals surface area contributed by atoms with Crippen molar-refractivity contribution in [2.45, 2.75) is 65.5 Å². The number of nitrogens with zero attached hydrogens (tertiary/aromatic N) is 3. The Kier molecular flexibility index (Phi) is 9.20. The first kappa shape index (κ1) is 22.2. The zero-order chi connectivity index (χ0) is 17.6. The Morgan fingerprint density at radius 1 is 1.36 bits per heavy atom. The summed E-state index contributed by atoms with van der Waals surface area (Å²) in [6, 6.07) is 0.605. The van der Waals surface area contributed by atoms with Crippen LogP contribution in [0, 0.1) is 0 Å². The SMILES string of the molecule is CCNC(=NCc1ncc(C(C)(C)C)o1)NCC1CCCN1CC.I. The normalized spacial score (nSPS) is 18.9. The number of hydrogen-bond donors (Lipinski definition) is 2. The molecule has 7 heteroatoms. The molecule has 0 aliphatic carbocycles. The van der Waals surface area contributed by atoms with Crippen LogP contribution in [0.15, 0.2) is 15.6 Å². The molecule has 1 atom stereocenters. The quantitative estimate of drug-likeness (QED) is 0.386. The number of guanidine groups is 1. The maximum absolute atomic E-state index is 5.81. The maximum atomic E-state index is 5.81. The number of aromatic nitrogens is 1. The first-order valence-electron chi connectivity index (χ1n) is 9.15. The van der Waals surface area contributed by atoms with Crippen molar-refractivity contribution >= 4 is 29.9 Å². The van der Waals surface area contributed by atoms with E-state index < -0.39 is 0 Å². The van der Waals surface area contributed by atoms with Crippen molar-refractivity contribution in [1.82, 2.24) is 20.5 Å². The van der Waals surface area contributed by atoms with Crippen LogP contribution >= 0.6 is 24.0 Å². The lowest BCUT2D eigenvalue weighted by atomic mass is 9.94. The predicted molar refractivity (Wildman–Crippen MR) is 114 cm³/mol. The Morgan fingerprint density at radius 3 is 2.72 bits per heavy atom. The Hall–Kier alpha value is -0.830. The van der Waals surface area contributed by atoms with Crippen LogP contribution in [0.2, 0.25) is 0 Å². The van der Waals surface area contributed by atoms with E-state index in [0.717, 1.165) is 31.4 Å². The molecule has 1 aromatic rings. The smallest absolute Gasteiger partial charge is 0.216 e. The molecule has 0 bridgehead atoms. The van der Waals surface area contributed by atoms with Crippen molar-refractivity contribution in [1.29, 1.82) is 0 Å². The van der Waals surface area contributed by atoms with Crippen LogP contribution in [-0.4, -0.2) is 48.1 Å². The van der Waals surface area contributed by atoms with E-state index in [0.29, 0.717) is 18.5 Å². The number of oxazole rings is 1. The van der Waals surface area contributed by atoms with E-state index in [9.17, 15) is 0 Å². The van der Waals surface area contributed by atoms with Gasteiger partial charge in [0.05, 0.1) is 6.20 Å². The lowest BCUT2D eigenvalue weighted by Crippen LogP contribution is -2.44. The highest BCUT2D eigenvalue weighted by molar-refractivity contribution is 14.0. The number of halogens is 1. The first-order chi connectivity index (χ1) is 11.4. The van der Waals surface area contributed by atoms with Crippen LogP contribution < -0.4 is 10.6 Å². The molecule has 25 heavy (non-hydrogen) atoms. The van der Waals surface area contributed by atoms with Crippen molar-refractivity contribution in [3.05, 3.63) is 17.8 Å². The lowest BCUT2D eigenvalue weighted by Gasteiger charge is -2.23. The molecule has 1 aliphatic heterocycles. The van der Waals surface area contributed by atoms with Crippen molar-refractivity contribution in [2.75, 3.05) is 26.2 Å². The molecular formula is C18H34IN5O. The molecule has 0 aromatic carbocycles. The van der Waals surface area contributed by atoms with Crippen molar-refractivity contribution < 1.29 is 4.42 Å². The first-order valence-corrected chi connectivity index (χ1v) is 9.15. The summed E-state index contributed by atoms with van der Waals surface area (Å²) < 4.78 is 5.81. The zero-order valence-corrected chi connectivity index (χ0v) is 18.6. The van der Waals surface area contributed by atoms with Crippen LogP contribution in [0.5, 0.6) is 0 Å². The third-order valence-corrected chi connectivity index (χ3v) is 4.42. The standard InChI is InChI=1S/C18H33N5O.HI/c1-6-19-17(21-11-14-9-8-10-23(14)7-2)22-13-16-20-12-15(24-16)18(3,4)5;/h12,14H,6-11,13H2,1-5H3,(H2,19,21,22);1H. The molecule has 0 radical (unpaired) electrons. The summed E-state index contributed by atoms with van der Waals surface area (Å²) in [7, 11) is 0. The number of nitrogens with one attached hydrogen (secondary N) is 2. The topological polar surface area (TPSA) is 65.7 Å². The van der Waals surface area contributed by atoms with E-state index in [1.54, 1.807) is 0 Å². The van der Waals surface area contributed by atoms with E-state index in [2.05, 4.69) is 60.1 Å². The summed E-state index contributed by atoms with van der Waals surface area (Å²) in [6.45, 7) is 15.2. The van der Waals surface area contributed by atoms with Crippen LogP contribution in [0.4, 0.5) is 0 Å². The number of hydrogen-bond acceptors (Lipinski definition) is 4. The molecule has 0 spiro atoms. The molecule has 0 saturated carbocycles. The van der Waals surface area contributed by atoms with Gasteiger partial charge in [0.25, 0.3) is 0 Å². The van der Waals surface area contributed by atoms with Gasteiger partial charge in [-0.15, -0.1) is 24.0 Å². The van der Waals surface area contributed by atoms with Gasteiger partial charge in [-0.25, -0.2) is 9.98 Å². The third kappa shape index (κ3) is 6.77. The van der Waals surface area contributed by atoms with Crippen molar-refractivity contribution in [2.24, 2.45) is 4.99 Å². The largest absolute Gasteiger partial charge is 0.443 e. The van der Waals surface area contributed by atoms with Gasteiger partial charge in [-0.2, -0.15) is 0 Å². The van der Waals surface area contributed by atoms with Gasteiger partial charge in [-0.05, 0) is 32.9 Å². The Morgan fingerprint density at radius 2 is 2.12 bits per heavy atom. The average molecular weight is 463 g/mol. The van der Waals surface area contributed by atoms with Gasteiger partial charge >= 0.3 is 0 Å². The van der Waals surface area contributed by atoms with Crippen LogP contribution in [0.3, 0.4) is 0 Å². The summed E-state index contributed by atoms with van der Waals surface area (Å²) in [6.07, 6.45) is 4.36. The molecule has 2 N–H and O–H groups in total. The van der Waals surface area contributed by atoms with Gasteiger partial charge in [-0.1, -0.05) is 27.7 Å². The molecular weight excluding hydrogens is 429 g/mol. The summed E-state index contributed by atoms with van der Waals surface area (Å²) in [5.74, 6) is 2.39. The number of aliphatic imine (C=N–C) groups is 1.